The van der Waals surface area contributed by atoms with Crippen LogP contribution < -0.4 is 20.0 Å². The monoisotopic (exact) mass is 489 g/mol. The van der Waals surface area contributed by atoms with Crippen LogP contribution in [0.1, 0.15) is 43.2 Å². The lowest BCUT2D eigenvalue weighted by Crippen LogP contribution is -2.51. The minimum Gasteiger partial charge on any atom is -0.474 e. The zero-order valence-electron chi connectivity index (χ0n) is 18.1. The Morgan fingerprint density at radius 1 is 1.18 bits per heavy atom. The van der Waals surface area contributed by atoms with Gasteiger partial charge < -0.3 is 10.1 Å². The van der Waals surface area contributed by atoms with Crippen LogP contribution in [0, 0.1) is 11.3 Å². The van der Waals surface area contributed by atoms with Gasteiger partial charge in [-0.2, -0.15) is 23.5 Å². The van der Waals surface area contributed by atoms with Crippen molar-refractivity contribution in [3.8, 4) is 11.9 Å². The van der Waals surface area contributed by atoms with E-state index in [1.54, 1.807) is 23.2 Å². The van der Waals surface area contributed by atoms with Gasteiger partial charge in [0, 0.05) is 6.07 Å². The first kappa shape index (κ1) is 22.8. The number of nitrogens with one attached hydrogen (secondary N) is 1. The SMILES string of the molecule is N#Cc1ccc(N2OC3(CCC3)N(c3ccc(OC4CCNCC4)nc3)C2=S)cc1C(F)(F)F. The molecular weight excluding hydrogens is 467 g/mol. The van der Waals surface area contributed by atoms with E-state index in [4.69, 9.17) is 27.1 Å². The fourth-order valence-electron chi connectivity index (χ4n) is 4.47. The van der Waals surface area contributed by atoms with E-state index in [1.165, 1.54) is 11.1 Å². The Kier molecular flexibility index (Phi) is 5.83. The van der Waals surface area contributed by atoms with Crippen LogP contribution in [-0.2, 0) is 11.0 Å². The Labute approximate surface area is 200 Å². The average molecular weight is 490 g/mol. The Morgan fingerprint density at radius 3 is 2.50 bits per heavy atom. The minimum absolute atomic E-state index is 0.114. The number of hydrogen-bond donors (Lipinski definition) is 1. The number of nitriles is 1. The maximum absolute atomic E-state index is 13.5. The van der Waals surface area contributed by atoms with Crippen LogP contribution >= 0.6 is 12.2 Å². The van der Waals surface area contributed by atoms with Crippen LogP contribution in [0.4, 0.5) is 24.5 Å². The number of piperidine rings is 1. The normalized spacial score (nSPS) is 20.4. The van der Waals surface area contributed by atoms with Gasteiger partial charge >= 0.3 is 6.18 Å². The molecule has 0 atom stereocenters. The van der Waals surface area contributed by atoms with Crippen LogP contribution in [0.2, 0.25) is 0 Å². The van der Waals surface area contributed by atoms with Gasteiger partial charge in [0.2, 0.25) is 11.0 Å². The summed E-state index contributed by atoms with van der Waals surface area (Å²) in [4.78, 5) is 12.4. The summed E-state index contributed by atoms with van der Waals surface area (Å²) < 4.78 is 46.5. The van der Waals surface area contributed by atoms with Gasteiger partial charge in [0.1, 0.15) is 6.10 Å². The fourth-order valence-corrected chi connectivity index (χ4v) is 4.88. The summed E-state index contributed by atoms with van der Waals surface area (Å²) in [6.45, 7) is 1.82. The molecule has 7 nitrogen and oxygen atoms in total. The molecule has 0 bridgehead atoms. The van der Waals surface area contributed by atoms with Crippen molar-refractivity contribution in [2.45, 2.75) is 50.1 Å². The van der Waals surface area contributed by atoms with E-state index in [-0.39, 0.29) is 16.9 Å². The molecule has 3 aliphatic rings. The van der Waals surface area contributed by atoms with Crippen molar-refractivity contribution in [2.75, 3.05) is 23.1 Å². The third-order valence-electron chi connectivity index (χ3n) is 6.38. The van der Waals surface area contributed by atoms with Crippen LogP contribution in [0.3, 0.4) is 0 Å². The largest absolute Gasteiger partial charge is 0.474 e. The highest BCUT2D eigenvalue weighted by Crippen LogP contribution is 2.48. The molecule has 1 saturated carbocycles. The first-order valence-electron chi connectivity index (χ1n) is 11.1. The quantitative estimate of drug-likeness (QED) is 0.629. The van der Waals surface area contributed by atoms with Gasteiger partial charge in [-0.1, -0.05) is 0 Å². The van der Waals surface area contributed by atoms with E-state index in [2.05, 4.69) is 10.3 Å². The van der Waals surface area contributed by atoms with E-state index in [0.29, 0.717) is 24.4 Å². The molecule has 0 unspecified atom stereocenters. The van der Waals surface area contributed by atoms with Gasteiger partial charge in [0.15, 0.2) is 5.72 Å². The lowest BCUT2D eigenvalue weighted by atomic mass is 9.87. The molecule has 2 saturated heterocycles. The first-order chi connectivity index (χ1) is 16.3. The second kappa shape index (κ2) is 8.69. The molecule has 2 aromatic rings. The molecule has 178 valence electrons. The fraction of sp³-hybridized carbons (Fsp3) is 0.435. The molecule has 5 rings (SSSR count). The summed E-state index contributed by atoms with van der Waals surface area (Å²) in [5.74, 6) is 0.517. The Balaban J connectivity index is 1.41. The van der Waals surface area contributed by atoms with Crippen molar-refractivity contribution in [3.05, 3.63) is 47.7 Å². The topological polar surface area (TPSA) is 73.7 Å². The predicted octanol–water partition coefficient (Wildman–Crippen LogP) is 4.53. The van der Waals surface area contributed by atoms with Crippen molar-refractivity contribution in [2.24, 2.45) is 0 Å². The zero-order valence-corrected chi connectivity index (χ0v) is 19.0. The molecule has 1 aliphatic carbocycles. The number of halogens is 3. The molecule has 1 aromatic heterocycles. The van der Waals surface area contributed by atoms with E-state index in [1.807, 2.05) is 6.07 Å². The molecular formula is C23H22F3N5O2S. The Bertz CT molecular complexity index is 1120. The van der Waals surface area contributed by atoms with E-state index >= 15 is 0 Å². The van der Waals surface area contributed by atoms with Gasteiger partial charge in [-0.3, -0.25) is 4.90 Å². The molecule has 2 aliphatic heterocycles. The Morgan fingerprint density at radius 2 is 1.91 bits per heavy atom. The number of alkyl halides is 3. The number of hydroxylamine groups is 1. The van der Waals surface area contributed by atoms with Crippen molar-refractivity contribution in [1.29, 1.82) is 5.26 Å². The second-order valence-electron chi connectivity index (χ2n) is 8.56. The van der Waals surface area contributed by atoms with Crippen LogP contribution in [0.5, 0.6) is 5.88 Å². The summed E-state index contributed by atoms with van der Waals surface area (Å²) >= 11 is 5.65. The first-order valence-corrected chi connectivity index (χ1v) is 11.5. The van der Waals surface area contributed by atoms with Crippen molar-refractivity contribution in [1.82, 2.24) is 10.3 Å². The van der Waals surface area contributed by atoms with Crippen LogP contribution in [0.15, 0.2) is 36.5 Å². The highest BCUT2D eigenvalue weighted by atomic mass is 32.1. The standard InChI is InChI=1S/C23H22F3N5O2S/c24-23(25,26)19-12-16(3-2-15(19)13-27)31-21(34)30(22(33-31)8-1-9-22)17-4-5-20(29-14-17)32-18-6-10-28-11-7-18/h2-5,12,14,18,28H,1,6-11H2. The lowest BCUT2D eigenvalue weighted by molar-refractivity contribution is -0.137. The number of anilines is 2. The van der Waals surface area contributed by atoms with E-state index < -0.39 is 23.0 Å². The van der Waals surface area contributed by atoms with E-state index in [9.17, 15) is 13.2 Å². The summed E-state index contributed by atoms with van der Waals surface area (Å²) in [6, 6.07) is 8.64. The number of thiocarbonyl (C=S) groups is 1. The number of ether oxygens (including phenoxy) is 1. The number of nitrogens with zero attached hydrogens (tertiary/aromatic N) is 4. The summed E-state index contributed by atoms with van der Waals surface area (Å²) in [7, 11) is 0. The average Bonchev–Trinajstić information content (AvgIpc) is 3.13. The predicted molar refractivity (Wildman–Crippen MR) is 122 cm³/mol. The molecule has 3 heterocycles. The van der Waals surface area contributed by atoms with Crippen molar-refractivity contribution >= 4 is 28.7 Å². The van der Waals surface area contributed by atoms with Crippen LogP contribution in [-0.4, -0.2) is 35.0 Å². The number of pyridine rings is 1. The van der Waals surface area contributed by atoms with Gasteiger partial charge in [0.05, 0.1) is 34.8 Å². The number of benzene rings is 1. The third kappa shape index (κ3) is 4.06. The van der Waals surface area contributed by atoms with Crippen LogP contribution in [0.25, 0.3) is 0 Å². The molecule has 0 amide bonds. The maximum Gasteiger partial charge on any atom is 0.417 e. The van der Waals surface area contributed by atoms with Gasteiger partial charge in [-0.05, 0) is 81.7 Å². The number of hydrogen-bond acceptors (Lipinski definition) is 6. The summed E-state index contributed by atoms with van der Waals surface area (Å²) in [5.41, 5.74) is -1.47. The number of rotatable bonds is 4. The van der Waals surface area contributed by atoms with Crippen molar-refractivity contribution in [3.63, 3.8) is 0 Å². The minimum atomic E-state index is -4.68. The molecule has 0 radical (unpaired) electrons. The molecule has 34 heavy (non-hydrogen) atoms. The molecule has 3 fully saturated rings. The molecule has 1 spiro atoms. The molecule has 1 aromatic carbocycles. The highest BCUT2D eigenvalue weighted by Gasteiger charge is 2.55. The second-order valence-corrected chi connectivity index (χ2v) is 8.93. The maximum atomic E-state index is 13.5. The molecule has 1 N–H and O–H groups in total. The third-order valence-corrected chi connectivity index (χ3v) is 6.73. The highest BCUT2D eigenvalue weighted by molar-refractivity contribution is 7.80. The molecule has 11 heteroatoms. The van der Waals surface area contributed by atoms with E-state index in [0.717, 1.165) is 44.5 Å². The number of aromatic nitrogens is 1. The lowest BCUT2D eigenvalue weighted by Gasteiger charge is -2.42. The zero-order chi connectivity index (χ0) is 23.9. The van der Waals surface area contributed by atoms with Gasteiger partial charge in [-0.15, -0.1) is 0 Å². The van der Waals surface area contributed by atoms with Gasteiger partial charge in [0.25, 0.3) is 0 Å². The van der Waals surface area contributed by atoms with Gasteiger partial charge in [-0.25, -0.2) is 9.82 Å². The summed E-state index contributed by atoms with van der Waals surface area (Å²) in [6.07, 6.45) is 1.15. The smallest absolute Gasteiger partial charge is 0.417 e. The van der Waals surface area contributed by atoms with Crippen molar-refractivity contribution < 1.29 is 22.7 Å². The Hall–Kier alpha value is -2.94. The summed E-state index contributed by atoms with van der Waals surface area (Å²) in [5, 5.41) is 13.8.